The van der Waals surface area contributed by atoms with E-state index in [0.29, 0.717) is 45.1 Å². The summed E-state index contributed by atoms with van der Waals surface area (Å²) in [6, 6.07) is 1.61. The number of aliphatic hydroxyl groups is 1. The number of aliphatic hydroxyl groups excluding tert-OH is 1. The van der Waals surface area contributed by atoms with E-state index in [1.54, 1.807) is 0 Å². The lowest BCUT2D eigenvalue weighted by molar-refractivity contribution is -0.227. The largest absolute Gasteiger partial charge is 0.462 e. The van der Waals surface area contributed by atoms with E-state index in [1.807, 2.05) is 12.2 Å². The smallest absolute Gasteiger partial charge is 0.400 e. The molecule has 1 aromatic carbocycles. The molecule has 2 rings (SSSR count). The molecule has 8 nitrogen and oxygen atoms in total. The number of halogens is 4. The summed E-state index contributed by atoms with van der Waals surface area (Å²) in [4.78, 5) is 23.1. The third-order valence-electron chi connectivity index (χ3n) is 6.42. The third kappa shape index (κ3) is 11.9. The minimum Gasteiger partial charge on any atom is -0.462 e. The summed E-state index contributed by atoms with van der Waals surface area (Å²) in [5.74, 6) is -7.21. The van der Waals surface area contributed by atoms with Gasteiger partial charge in [-0.1, -0.05) is 25.3 Å². The molecule has 0 radical (unpaired) electrons. The molecule has 1 fully saturated rings. The second kappa shape index (κ2) is 18.3. The molecular formula is C30H38F4O8. The van der Waals surface area contributed by atoms with Crippen molar-refractivity contribution < 1.29 is 55.9 Å². The van der Waals surface area contributed by atoms with Crippen LogP contribution in [0.2, 0.25) is 0 Å². The Hall–Kier alpha value is -3.22. The third-order valence-corrected chi connectivity index (χ3v) is 6.42. The molecule has 0 saturated heterocycles. The lowest BCUT2D eigenvalue weighted by atomic mass is 9.86. The number of carbonyl (C=O) groups excluding carboxylic acids is 2. The van der Waals surface area contributed by atoms with E-state index >= 15 is 0 Å². The number of esters is 2. The molecule has 1 aromatic rings. The Balaban J connectivity index is 1.75. The highest BCUT2D eigenvalue weighted by atomic mass is 19.3. The fourth-order valence-corrected chi connectivity index (χ4v) is 4.11. The molecule has 0 aliphatic heterocycles. The van der Waals surface area contributed by atoms with E-state index < -0.39 is 53.2 Å². The standard InChI is InChI=1S/C30H38F4O8/c1-3-25(35)39-18-8-6-5-7-17-38-22-13-11-21(12-14-22)30(33,34)42-24-16-15-23(27(31)28(24)32)29(37)41-20-10-9-19-40-26(36)4-2/h3-6,15-16,21-22,26,36H,1-2,7-14,17-20H2/b6-5-. The Morgan fingerprint density at radius 1 is 0.952 bits per heavy atom. The van der Waals surface area contributed by atoms with Gasteiger partial charge in [-0.05, 0) is 69.6 Å². The van der Waals surface area contributed by atoms with Gasteiger partial charge in [0.25, 0.3) is 0 Å². The van der Waals surface area contributed by atoms with Crippen LogP contribution in [0.3, 0.4) is 0 Å². The first-order valence-corrected chi connectivity index (χ1v) is 13.8. The molecule has 0 bridgehead atoms. The van der Waals surface area contributed by atoms with Crippen molar-refractivity contribution in [2.75, 3.05) is 26.4 Å². The fourth-order valence-electron chi connectivity index (χ4n) is 4.11. The normalized spacial score (nSPS) is 17.9. The highest BCUT2D eigenvalue weighted by Gasteiger charge is 2.45. The number of carbonyl (C=O) groups is 2. The van der Waals surface area contributed by atoms with Gasteiger partial charge in [-0.25, -0.2) is 14.0 Å². The van der Waals surface area contributed by atoms with E-state index in [-0.39, 0.29) is 38.8 Å². The molecule has 0 heterocycles. The van der Waals surface area contributed by atoms with Crippen LogP contribution in [-0.2, 0) is 23.7 Å². The molecule has 1 aliphatic carbocycles. The van der Waals surface area contributed by atoms with E-state index in [0.717, 1.165) is 18.2 Å². The van der Waals surface area contributed by atoms with Crippen LogP contribution in [0, 0.1) is 17.6 Å². The van der Waals surface area contributed by atoms with E-state index in [2.05, 4.69) is 17.9 Å². The van der Waals surface area contributed by atoms with E-state index in [4.69, 9.17) is 18.9 Å². The minimum absolute atomic E-state index is 0.0638. The van der Waals surface area contributed by atoms with E-state index in [1.165, 1.54) is 6.08 Å². The zero-order chi connectivity index (χ0) is 31.0. The summed E-state index contributed by atoms with van der Waals surface area (Å²) >= 11 is 0. The molecule has 1 aliphatic rings. The van der Waals surface area contributed by atoms with Gasteiger partial charge in [0.15, 0.2) is 17.9 Å². The number of hydrogen-bond donors (Lipinski definition) is 1. The highest BCUT2D eigenvalue weighted by Crippen LogP contribution is 2.40. The number of benzene rings is 1. The van der Waals surface area contributed by atoms with Gasteiger partial charge in [0.2, 0.25) is 5.82 Å². The molecule has 42 heavy (non-hydrogen) atoms. The number of ether oxygens (including phenoxy) is 5. The van der Waals surface area contributed by atoms with Crippen molar-refractivity contribution in [3.05, 3.63) is 66.8 Å². The SMILES string of the molecule is C=CC(=O)OCC/C=C\CCOC1CCC(C(F)(F)Oc2ccc(C(=O)OCCCCOC(O)C=C)c(F)c2F)CC1. The average Bonchev–Trinajstić information content (AvgIpc) is 2.98. The Bertz CT molecular complexity index is 1050. The number of unbranched alkanes of at least 4 members (excludes halogenated alkanes) is 1. The summed E-state index contributed by atoms with van der Waals surface area (Å²) < 4.78 is 83.8. The first kappa shape index (κ1) is 35.0. The maximum absolute atomic E-state index is 14.8. The molecule has 234 valence electrons. The van der Waals surface area contributed by atoms with Crippen LogP contribution in [0.1, 0.15) is 61.7 Å². The summed E-state index contributed by atoms with van der Waals surface area (Å²) in [6.45, 7) is 7.34. The van der Waals surface area contributed by atoms with Crippen molar-refractivity contribution in [2.24, 2.45) is 5.92 Å². The molecule has 1 atom stereocenters. The molecule has 1 saturated carbocycles. The average molecular weight is 603 g/mol. The summed E-state index contributed by atoms with van der Waals surface area (Å²) in [5.41, 5.74) is -0.745. The van der Waals surface area contributed by atoms with E-state index in [9.17, 15) is 32.3 Å². The molecule has 1 unspecified atom stereocenters. The second-order valence-corrected chi connectivity index (χ2v) is 9.51. The molecule has 0 spiro atoms. The topological polar surface area (TPSA) is 101 Å². The van der Waals surface area contributed by atoms with Crippen LogP contribution in [-0.4, -0.2) is 62.0 Å². The van der Waals surface area contributed by atoms with Crippen LogP contribution < -0.4 is 4.74 Å². The Morgan fingerprint density at radius 2 is 1.62 bits per heavy atom. The number of alkyl halides is 2. The van der Waals surface area contributed by atoms with Gasteiger partial charge in [0.05, 0.1) is 44.0 Å². The lowest BCUT2D eigenvalue weighted by Crippen LogP contribution is -2.38. The molecule has 0 amide bonds. The van der Waals surface area contributed by atoms with Crippen molar-refractivity contribution in [3.63, 3.8) is 0 Å². The summed E-state index contributed by atoms with van der Waals surface area (Å²) in [6.07, 6.45) is 3.68. The molecule has 1 N–H and O–H groups in total. The Morgan fingerprint density at radius 3 is 2.29 bits per heavy atom. The zero-order valence-corrected chi connectivity index (χ0v) is 23.4. The van der Waals surface area contributed by atoms with Crippen molar-refractivity contribution in [2.45, 2.75) is 69.9 Å². The summed E-state index contributed by atoms with van der Waals surface area (Å²) in [7, 11) is 0. The first-order valence-electron chi connectivity index (χ1n) is 13.8. The second-order valence-electron chi connectivity index (χ2n) is 9.51. The van der Waals surface area contributed by atoms with Gasteiger partial charge in [0.1, 0.15) is 0 Å². The van der Waals surface area contributed by atoms with Gasteiger partial charge in [-0.3, -0.25) is 0 Å². The van der Waals surface area contributed by atoms with Gasteiger partial charge in [-0.15, -0.1) is 0 Å². The maximum Gasteiger partial charge on any atom is 0.400 e. The van der Waals surface area contributed by atoms with Gasteiger partial charge >= 0.3 is 18.0 Å². The predicted octanol–water partition coefficient (Wildman–Crippen LogP) is 6.04. The van der Waals surface area contributed by atoms with Gasteiger partial charge in [-0.2, -0.15) is 13.2 Å². The zero-order valence-electron chi connectivity index (χ0n) is 23.4. The molecular weight excluding hydrogens is 564 g/mol. The first-order chi connectivity index (χ1) is 20.1. The Kier molecular flexibility index (Phi) is 15.3. The van der Waals surface area contributed by atoms with Crippen LogP contribution in [0.4, 0.5) is 17.6 Å². The monoisotopic (exact) mass is 602 g/mol. The predicted molar refractivity (Wildman–Crippen MR) is 145 cm³/mol. The number of rotatable bonds is 19. The van der Waals surface area contributed by atoms with Crippen LogP contribution >= 0.6 is 0 Å². The maximum atomic E-state index is 14.8. The minimum atomic E-state index is -3.76. The van der Waals surface area contributed by atoms with Crippen molar-refractivity contribution in [1.82, 2.24) is 0 Å². The van der Waals surface area contributed by atoms with Crippen LogP contribution in [0.15, 0.2) is 49.6 Å². The van der Waals surface area contributed by atoms with Crippen molar-refractivity contribution >= 4 is 11.9 Å². The molecule has 0 aromatic heterocycles. The van der Waals surface area contributed by atoms with Gasteiger partial charge in [0, 0.05) is 6.08 Å². The van der Waals surface area contributed by atoms with Crippen LogP contribution in [0.5, 0.6) is 5.75 Å². The lowest BCUT2D eigenvalue weighted by Gasteiger charge is -2.33. The van der Waals surface area contributed by atoms with Crippen molar-refractivity contribution in [1.29, 1.82) is 0 Å². The van der Waals surface area contributed by atoms with Gasteiger partial charge < -0.3 is 28.8 Å². The van der Waals surface area contributed by atoms with Crippen LogP contribution in [0.25, 0.3) is 0 Å². The molecule has 12 heteroatoms. The Labute approximate surface area is 242 Å². The fraction of sp³-hybridized carbons (Fsp3) is 0.533. The van der Waals surface area contributed by atoms with Crippen molar-refractivity contribution in [3.8, 4) is 5.75 Å². The quantitative estimate of drug-likeness (QED) is 0.0512. The summed E-state index contributed by atoms with van der Waals surface area (Å²) in [5, 5.41) is 9.19. The number of hydrogen-bond acceptors (Lipinski definition) is 8. The highest BCUT2D eigenvalue weighted by molar-refractivity contribution is 5.90.